The van der Waals surface area contributed by atoms with Crippen LogP contribution < -0.4 is 10.6 Å². The van der Waals surface area contributed by atoms with Crippen LogP contribution in [0.15, 0.2) is 24.3 Å². The number of hydrogen-bond donors (Lipinski definition) is 3. The smallest absolute Gasteiger partial charge is 0.325 e. The molecule has 112 valence electrons. The predicted molar refractivity (Wildman–Crippen MR) is 76.3 cm³/mol. The molecule has 2 saturated heterocycles. The summed E-state index contributed by atoms with van der Waals surface area (Å²) in [6.07, 6.45) is 1.57. The summed E-state index contributed by atoms with van der Waals surface area (Å²) in [6.45, 7) is 1.63. The molecule has 3 N–H and O–H groups in total. The zero-order chi connectivity index (χ0) is 14.9. The van der Waals surface area contributed by atoms with Crippen molar-refractivity contribution in [3.05, 3.63) is 35.4 Å². The second kappa shape index (κ2) is 5.46. The SMILES string of the molecule is O=C1NC2(CCCNC2)C(=O)N1Cc1ccc(CO)cc1. The molecule has 1 aromatic rings. The Bertz CT molecular complexity index is 550. The molecule has 0 aromatic heterocycles. The summed E-state index contributed by atoms with van der Waals surface area (Å²) in [5, 5.41) is 15.1. The Morgan fingerprint density at radius 2 is 1.90 bits per heavy atom. The number of nitrogens with zero attached hydrogens (tertiary/aromatic N) is 1. The zero-order valence-corrected chi connectivity index (χ0v) is 11.8. The molecule has 1 atom stereocenters. The average Bonchev–Trinajstić information content (AvgIpc) is 2.73. The Morgan fingerprint density at radius 1 is 1.19 bits per heavy atom. The fourth-order valence-corrected chi connectivity index (χ4v) is 2.95. The van der Waals surface area contributed by atoms with Crippen LogP contribution in [0.1, 0.15) is 24.0 Å². The highest BCUT2D eigenvalue weighted by Gasteiger charge is 2.51. The molecule has 0 bridgehead atoms. The van der Waals surface area contributed by atoms with Crippen LogP contribution in [0.25, 0.3) is 0 Å². The molecule has 1 aromatic carbocycles. The normalized spacial score (nSPS) is 25.5. The molecule has 1 unspecified atom stereocenters. The molecule has 21 heavy (non-hydrogen) atoms. The second-order valence-corrected chi connectivity index (χ2v) is 5.66. The first-order chi connectivity index (χ1) is 10.1. The van der Waals surface area contributed by atoms with E-state index in [1.807, 2.05) is 12.1 Å². The molecule has 6 heteroatoms. The van der Waals surface area contributed by atoms with E-state index in [4.69, 9.17) is 5.11 Å². The van der Waals surface area contributed by atoms with Gasteiger partial charge in [-0.3, -0.25) is 9.69 Å². The van der Waals surface area contributed by atoms with Gasteiger partial charge in [-0.05, 0) is 30.5 Å². The van der Waals surface area contributed by atoms with Crippen LogP contribution in [-0.4, -0.2) is 40.6 Å². The van der Waals surface area contributed by atoms with Crippen LogP contribution in [-0.2, 0) is 17.9 Å². The predicted octanol–water partition coefficient (Wildman–Crippen LogP) is 0.353. The third-order valence-electron chi connectivity index (χ3n) is 4.18. The number of carbonyl (C=O) groups excluding carboxylic acids is 2. The van der Waals surface area contributed by atoms with Crippen molar-refractivity contribution in [1.29, 1.82) is 0 Å². The molecule has 0 radical (unpaired) electrons. The zero-order valence-electron chi connectivity index (χ0n) is 11.8. The summed E-state index contributed by atoms with van der Waals surface area (Å²) in [7, 11) is 0. The lowest BCUT2D eigenvalue weighted by atomic mass is 9.90. The number of amides is 3. The lowest BCUT2D eigenvalue weighted by molar-refractivity contribution is -0.132. The van der Waals surface area contributed by atoms with Crippen molar-refractivity contribution in [3.8, 4) is 0 Å². The van der Waals surface area contributed by atoms with Crippen molar-refractivity contribution < 1.29 is 14.7 Å². The molecule has 3 amide bonds. The largest absolute Gasteiger partial charge is 0.392 e. The Balaban J connectivity index is 1.75. The molecule has 0 saturated carbocycles. The third-order valence-corrected chi connectivity index (χ3v) is 4.18. The molecular weight excluding hydrogens is 270 g/mol. The fraction of sp³-hybridized carbons (Fsp3) is 0.467. The lowest BCUT2D eigenvalue weighted by Crippen LogP contribution is -2.57. The van der Waals surface area contributed by atoms with Crippen LogP contribution in [0, 0.1) is 0 Å². The third kappa shape index (κ3) is 2.52. The van der Waals surface area contributed by atoms with Gasteiger partial charge in [0.25, 0.3) is 5.91 Å². The Morgan fingerprint density at radius 3 is 2.52 bits per heavy atom. The number of carbonyl (C=O) groups is 2. The number of piperidine rings is 1. The first kappa shape index (κ1) is 14.0. The summed E-state index contributed by atoms with van der Waals surface area (Å²) >= 11 is 0. The maximum absolute atomic E-state index is 12.6. The lowest BCUT2D eigenvalue weighted by Gasteiger charge is -2.31. The van der Waals surface area contributed by atoms with Crippen molar-refractivity contribution >= 4 is 11.9 Å². The standard InChI is InChI=1S/C15H19N3O3/c19-9-12-4-2-11(3-5-12)8-18-13(20)15(17-14(18)21)6-1-7-16-10-15/h2-5,16,19H,1,6-10H2,(H,17,21). The molecule has 2 aliphatic rings. The number of nitrogens with one attached hydrogen (secondary N) is 2. The highest BCUT2D eigenvalue weighted by molar-refractivity contribution is 6.07. The van der Waals surface area contributed by atoms with Crippen molar-refractivity contribution in [2.75, 3.05) is 13.1 Å². The summed E-state index contributed by atoms with van der Waals surface area (Å²) in [5.74, 6) is -0.147. The molecular formula is C15H19N3O3. The number of aliphatic hydroxyl groups excluding tert-OH is 1. The van der Waals surface area contributed by atoms with Crippen molar-refractivity contribution in [2.24, 2.45) is 0 Å². The van der Waals surface area contributed by atoms with E-state index in [0.29, 0.717) is 13.0 Å². The van der Waals surface area contributed by atoms with Gasteiger partial charge in [0.05, 0.1) is 13.2 Å². The van der Waals surface area contributed by atoms with Crippen molar-refractivity contribution in [3.63, 3.8) is 0 Å². The molecule has 2 fully saturated rings. The summed E-state index contributed by atoms with van der Waals surface area (Å²) in [6, 6.07) is 6.93. The van der Waals surface area contributed by atoms with Gasteiger partial charge in [0.15, 0.2) is 0 Å². The van der Waals surface area contributed by atoms with Gasteiger partial charge >= 0.3 is 6.03 Å². The first-order valence-corrected chi connectivity index (χ1v) is 7.18. The van der Waals surface area contributed by atoms with Gasteiger partial charge in [-0.15, -0.1) is 0 Å². The van der Waals surface area contributed by atoms with Gasteiger partial charge in [0, 0.05) is 6.54 Å². The van der Waals surface area contributed by atoms with E-state index < -0.39 is 5.54 Å². The maximum atomic E-state index is 12.6. The van der Waals surface area contributed by atoms with Gasteiger partial charge in [-0.2, -0.15) is 0 Å². The highest BCUT2D eigenvalue weighted by Crippen LogP contribution is 2.26. The average molecular weight is 289 g/mol. The summed E-state index contributed by atoms with van der Waals surface area (Å²) in [5.41, 5.74) is 0.917. The van der Waals surface area contributed by atoms with Gasteiger partial charge in [-0.1, -0.05) is 24.3 Å². The quantitative estimate of drug-likeness (QED) is 0.702. The molecule has 1 spiro atoms. The molecule has 3 rings (SSSR count). The highest BCUT2D eigenvalue weighted by atomic mass is 16.3. The Hall–Kier alpha value is -1.92. The number of benzene rings is 1. The van der Waals surface area contributed by atoms with E-state index in [1.54, 1.807) is 12.1 Å². The number of urea groups is 1. The number of aliphatic hydroxyl groups is 1. The number of hydrogen-bond acceptors (Lipinski definition) is 4. The Labute approximate surface area is 123 Å². The fourth-order valence-electron chi connectivity index (χ4n) is 2.95. The first-order valence-electron chi connectivity index (χ1n) is 7.18. The summed E-state index contributed by atoms with van der Waals surface area (Å²) < 4.78 is 0. The van der Waals surface area contributed by atoms with Crippen LogP contribution >= 0.6 is 0 Å². The van der Waals surface area contributed by atoms with E-state index in [0.717, 1.165) is 24.1 Å². The van der Waals surface area contributed by atoms with Crippen LogP contribution in [0.5, 0.6) is 0 Å². The van der Waals surface area contributed by atoms with Crippen molar-refractivity contribution in [2.45, 2.75) is 31.5 Å². The van der Waals surface area contributed by atoms with Gasteiger partial charge in [0.1, 0.15) is 5.54 Å². The van der Waals surface area contributed by atoms with E-state index >= 15 is 0 Å². The van der Waals surface area contributed by atoms with Crippen LogP contribution in [0.4, 0.5) is 4.79 Å². The summed E-state index contributed by atoms with van der Waals surface area (Å²) in [4.78, 5) is 26.0. The minimum atomic E-state index is -0.764. The van der Waals surface area contributed by atoms with Crippen LogP contribution in [0.2, 0.25) is 0 Å². The maximum Gasteiger partial charge on any atom is 0.325 e. The minimum absolute atomic E-state index is 0.0157. The molecule has 0 aliphatic carbocycles. The van der Waals surface area contributed by atoms with E-state index in [1.165, 1.54) is 4.90 Å². The Kier molecular flexibility index (Phi) is 3.65. The molecule has 6 nitrogen and oxygen atoms in total. The molecule has 2 aliphatic heterocycles. The van der Waals surface area contributed by atoms with Gasteiger partial charge in [-0.25, -0.2) is 4.79 Å². The molecule has 2 heterocycles. The topological polar surface area (TPSA) is 81.7 Å². The van der Waals surface area contributed by atoms with E-state index in [9.17, 15) is 9.59 Å². The van der Waals surface area contributed by atoms with Crippen LogP contribution in [0.3, 0.4) is 0 Å². The van der Waals surface area contributed by atoms with Crippen molar-refractivity contribution in [1.82, 2.24) is 15.5 Å². The van der Waals surface area contributed by atoms with Gasteiger partial charge in [0.2, 0.25) is 0 Å². The number of rotatable bonds is 3. The number of imide groups is 1. The monoisotopic (exact) mass is 289 g/mol. The second-order valence-electron chi connectivity index (χ2n) is 5.66. The van der Waals surface area contributed by atoms with E-state index in [-0.39, 0.29) is 25.1 Å². The van der Waals surface area contributed by atoms with E-state index in [2.05, 4.69) is 10.6 Å². The van der Waals surface area contributed by atoms with Gasteiger partial charge < -0.3 is 15.7 Å². The minimum Gasteiger partial charge on any atom is -0.392 e.